The molecule has 0 radical (unpaired) electrons. The molecule has 1 rings (SSSR count). The van der Waals surface area contributed by atoms with E-state index in [9.17, 15) is 21.6 Å². The van der Waals surface area contributed by atoms with E-state index in [1.54, 1.807) is 0 Å². The lowest BCUT2D eigenvalue weighted by atomic mass is 10.3. The lowest BCUT2D eigenvalue weighted by Crippen LogP contribution is -2.27. The highest BCUT2D eigenvalue weighted by molar-refractivity contribution is 7.88. The summed E-state index contributed by atoms with van der Waals surface area (Å²) < 4.78 is 60.2. The first kappa shape index (κ1) is 20.2. The smallest absolute Gasteiger partial charge is 0.376 e. The van der Waals surface area contributed by atoms with Gasteiger partial charge in [0.2, 0.25) is 0 Å². The summed E-state index contributed by atoms with van der Waals surface area (Å²) in [4.78, 5) is 0. The van der Waals surface area contributed by atoms with Crippen LogP contribution in [-0.4, -0.2) is 32.4 Å². The van der Waals surface area contributed by atoms with Gasteiger partial charge in [-0.15, -0.1) is 0 Å². The number of para-hydroxylation sites is 1. The molecule has 122 valence electrons. The Bertz CT molecular complexity index is 480. The third kappa shape index (κ3) is 7.67. The maximum absolute atomic E-state index is 11.8. The molecule has 0 saturated carbocycles. The van der Waals surface area contributed by atoms with Crippen LogP contribution in [0.25, 0.3) is 0 Å². The summed E-state index contributed by atoms with van der Waals surface area (Å²) in [6.07, 6.45) is 4.37. The molecule has 8 heteroatoms. The fraction of sp³-hybridized carbons (Fsp3) is 0.538. The highest BCUT2D eigenvalue weighted by Crippen LogP contribution is 2.32. The fourth-order valence-electron chi connectivity index (χ4n) is 1.40. The van der Waals surface area contributed by atoms with E-state index in [-0.39, 0.29) is 13.7 Å². The van der Waals surface area contributed by atoms with Crippen molar-refractivity contribution in [3.8, 4) is 5.75 Å². The molecule has 0 aliphatic heterocycles. The molecule has 21 heavy (non-hydrogen) atoms. The Morgan fingerprint density at radius 2 is 1.43 bits per heavy atom. The standard InChI is InChI=1S/C7H5F3O3S.C6H15P/c8-7(9,10)14(11,12)13-6-4-2-1-3-5-6;1-4-7(5-2)6-3/h1-5H;4-6H2,1-3H3/p+1. The van der Waals surface area contributed by atoms with Crippen molar-refractivity contribution in [2.24, 2.45) is 0 Å². The first-order valence-electron chi connectivity index (χ1n) is 6.57. The van der Waals surface area contributed by atoms with Crippen LogP contribution < -0.4 is 4.18 Å². The Morgan fingerprint density at radius 1 is 1.00 bits per heavy atom. The van der Waals surface area contributed by atoms with Crippen LogP contribution in [0, 0.1) is 0 Å². The summed E-state index contributed by atoms with van der Waals surface area (Å²) >= 11 is 0. The maximum Gasteiger partial charge on any atom is 0.534 e. The Hall–Kier alpha value is -0.810. The van der Waals surface area contributed by atoms with E-state index in [2.05, 4.69) is 25.0 Å². The van der Waals surface area contributed by atoms with Gasteiger partial charge < -0.3 is 4.18 Å². The molecule has 1 aromatic rings. The normalized spacial score (nSPS) is 11.8. The van der Waals surface area contributed by atoms with Crippen molar-refractivity contribution in [3.63, 3.8) is 0 Å². The summed E-state index contributed by atoms with van der Waals surface area (Å²) in [6, 6.07) is 6.47. The molecule has 0 aromatic heterocycles. The summed E-state index contributed by atoms with van der Waals surface area (Å²) in [5.41, 5.74) is -5.40. The van der Waals surface area contributed by atoms with E-state index in [0.717, 1.165) is 12.1 Å². The van der Waals surface area contributed by atoms with E-state index in [4.69, 9.17) is 0 Å². The fourth-order valence-corrected chi connectivity index (χ4v) is 3.36. The highest BCUT2D eigenvalue weighted by Gasteiger charge is 2.48. The molecule has 0 unspecified atom stereocenters. The van der Waals surface area contributed by atoms with Crippen LogP contribution in [0.15, 0.2) is 30.3 Å². The number of rotatable bonds is 5. The molecular weight excluding hydrogens is 324 g/mol. The van der Waals surface area contributed by atoms with Crippen LogP contribution in [0.2, 0.25) is 0 Å². The van der Waals surface area contributed by atoms with Gasteiger partial charge in [-0.25, -0.2) is 0 Å². The van der Waals surface area contributed by atoms with E-state index < -0.39 is 15.6 Å². The molecule has 0 atom stereocenters. The van der Waals surface area contributed by atoms with Gasteiger partial charge in [0.25, 0.3) is 0 Å². The van der Waals surface area contributed by atoms with Crippen molar-refractivity contribution >= 4 is 18.0 Å². The number of halogens is 3. The monoisotopic (exact) mass is 345 g/mol. The van der Waals surface area contributed by atoms with E-state index in [1.807, 2.05) is 0 Å². The average molecular weight is 345 g/mol. The third-order valence-electron chi connectivity index (χ3n) is 2.73. The molecular formula is C13H21F3O3PS+. The van der Waals surface area contributed by atoms with Crippen molar-refractivity contribution < 1.29 is 25.8 Å². The summed E-state index contributed by atoms with van der Waals surface area (Å²) in [5.74, 6) is -0.371. The Balaban J connectivity index is 0.000000486. The van der Waals surface area contributed by atoms with Gasteiger partial charge in [-0.2, -0.15) is 21.6 Å². The van der Waals surface area contributed by atoms with Crippen molar-refractivity contribution in [2.75, 3.05) is 18.5 Å². The van der Waals surface area contributed by atoms with Crippen LogP contribution in [0.1, 0.15) is 20.8 Å². The summed E-state index contributed by atoms with van der Waals surface area (Å²) in [5, 5.41) is 0. The Labute approximate surface area is 125 Å². The average Bonchev–Trinajstić information content (AvgIpc) is 2.41. The zero-order valence-corrected chi connectivity index (χ0v) is 14.1. The minimum Gasteiger partial charge on any atom is -0.376 e. The van der Waals surface area contributed by atoms with Gasteiger partial charge in [-0.05, 0) is 40.8 Å². The predicted molar refractivity (Wildman–Crippen MR) is 82.0 cm³/mol. The summed E-state index contributed by atoms with van der Waals surface area (Å²) in [7, 11) is -5.41. The highest BCUT2D eigenvalue weighted by atomic mass is 32.2. The van der Waals surface area contributed by atoms with Crippen molar-refractivity contribution in [1.29, 1.82) is 0 Å². The van der Waals surface area contributed by atoms with Crippen molar-refractivity contribution in [3.05, 3.63) is 30.3 Å². The number of alkyl halides is 3. The molecule has 0 heterocycles. The van der Waals surface area contributed by atoms with Gasteiger partial charge in [0, 0.05) is 0 Å². The Kier molecular flexibility index (Phi) is 8.90. The third-order valence-corrected chi connectivity index (χ3v) is 6.71. The van der Waals surface area contributed by atoms with Crippen LogP contribution in [-0.2, 0) is 10.1 Å². The second kappa shape index (κ2) is 9.26. The molecule has 0 spiro atoms. The van der Waals surface area contributed by atoms with Crippen molar-refractivity contribution in [1.82, 2.24) is 0 Å². The van der Waals surface area contributed by atoms with Gasteiger partial charge in [0.05, 0.1) is 18.5 Å². The number of hydrogen-bond donors (Lipinski definition) is 0. The molecule has 0 N–H and O–H groups in total. The van der Waals surface area contributed by atoms with Crippen LogP contribution in [0.5, 0.6) is 5.75 Å². The SMILES string of the molecule is CC[PH+](CC)CC.O=S(=O)(Oc1ccccc1)C(F)(F)F. The first-order valence-corrected chi connectivity index (χ1v) is 10.1. The molecule has 0 amide bonds. The van der Waals surface area contributed by atoms with Crippen LogP contribution in [0.3, 0.4) is 0 Å². The van der Waals surface area contributed by atoms with Crippen molar-refractivity contribution in [2.45, 2.75) is 26.3 Å². The Morgan fingerprint density at radius 3 is 1.71 bits per heavy atom. The second-order valence-electron chi connectivity index (χ2n) is 4.11. The van der Waals surface area contributed by atoms with Gasteiger partial charge in [0.15, 0.2) is 0 Å². The van der Waals surface area contributed by atoms with Crippen LogP contribution >= 0.6 is 7.92 Å². The molecule has 0 aliphatic rings. The van der Waals surface area contributed by atoms with Gasteiger partial charge in [0.1, 0.15) is 5.75 Å². The minimum absolute atomic E-state index is 0.137. The van der Waals surface area contributed by atoms with Gasteiger partial charge in [-0.1, -0.05) is 18.2 Å². The second-order valence-corrected chi connectivity index (χ2v) is 9.27. The molecule has 0 saturated heterocycles. The number of hydrogen-bond acceptors (Lipinski definition) is 3. The van der Waals surface area contributed by atoms with E-state index in [0.29, 0.717) is 0 Å². The van der Waals surface area contributed by atoms with Gasteiger partial charge >= 0.3 is 15.6 Å². The maximum atomic E-state index is 11.8. The zero-order chi connectivity index (χ0) is 16.5. The zero-order valence-electron chi connectivity index (χ0n) is 12.3. The molecule has 0 aliphatic carbocycles. The van der Waals surface area contributed by atoms with E-state index >= 15 is 0 Å². The molecule has 0 bridgehead atoms. The molecule has 0 fully saturated rings. The first-order chi connectivity index (χ1) is 9.67. The lowest BCUT2D eigenvalue weighted by Gasteiger charge is -2.08. The lowest BCUT2D eigenvalue weighted by molar-refractivity contribution is -0.0500. The summed E-state index contributed by atoms with van der Waals surface area (Å²) in [6.45, 7) is 6.92. The number of benzene rings is 1. The quantitative estimate of drug-likeness (QED) is 0.457. The van der Waals surface area contributed by atoms with E-state index in [1.165, 1.54) is 36.7 Å². The molecule has 1 aromatic carbocycles. The minimum atomic E-state index is -5.55. The van der Waals surface area contributed by atoms with Crippen LogP contribution in [0.4, 0.5) is 13.2 Å². The van der Waals surface area contributed by atoms with Gasteiger partial charge in [-0.3, -0.25) is 0 Å². The largest absolute Gasteiger partial charge is 0.534 e. The molecule has 3 nitrogen and oxygen atoms in total. The topological polar surface area (TPSA) is 43.4 Å². The predicted octanol–water partition coefficient (Wildman–Crippen LogP) is 4.18.